The van der Waals surface area contributed by atoms with Gasteiger partial charge < -0.3 is 10.6 Å². The second-order valence-corrected chi connectivity index (χ2v) is 7.46. The summed E-state index contributed by atoms with van der Waals surface area (Å²) in [6.45, 7) is 9.88. The molecule has 0 bridgehead atoms. The van der Waals surface area contributed by atoms with Crippen molar-refractivity contribution in [1.82, 2.24) is 30.1 Å². The molecule has 28 heavy (non-hydrogen) atoms. The summed E-state index contributed by atoms with van der Waals surface area (Å²) in [5.74, 6) is 0.0969. The van der Waals surface area contributed by atoms with Crippen LogP contribution in [0.4, 0.5) is 0 Å². The number of fused-ring (bicyclic) bond motifs is 3. The van der Waals surface area contributed by atoms with E-state index < -0.39 is 0 Å². The number of aromatic nitrogens is 3. The number of rotatable bonds is 6. The summed E-state index contributed by atoms with van der Waals surface area (Å²) in [5, 5.41) is 12.1. The summed E-state index contributed by atoms with van der Waals surface area (Å²) < 4.78 is 1.91. The zero-order chi connectivity index (χ0) is 19.5. The first-order valence-electron chi connectivity index (χ1n) is 10.1. The molecule has 0 aliphatic carbocycles. The van der Waals surface area contributed by atoms with Crippen LogP contribution in [-0.2, 0) is 11.2 Å². The lowest BCUT2D eigenvalue weighted by Crippen LogP contribution is -2.46. The normalized spacial score (nSPS) is 15.4. The van der Waals surface area contributed by atoms with E-state index in [9.17, 15) is 4.79 Å². The van der Waals surface area contributed by atoms with Gasteiger partial charge in [-0.15, -0.1) is 0 Å². The second kappa shape index (κ2) is 8.24. The van der Waals surface area contributed by atoms with E-state index in [4.69, 9.17) is 4.98 Å². The zero-order valence-corrected chi connectivity index (χ0v) is 16.7. The SMILES string of the molecule is Cc1nc2c3ccccc3nn2c(C)c1CCC(=O)NCCN1CCNCC1. The summed E-state index contributed by atoms with van der Waals surface area (Å²) in [6, 6.07) is 8.05. The molecule has 0 spiro atoms. The predicted molar refractivity (Wildman–Crippen MR) is 111 cm³/mol. The third-order valence-electron chi connectivity index (χ3n) is 5.58. The van der Waals surface area contributed by atoms with Gasteiger partial charge in [-0.1, -0.05) is 12.1 Å². The average Bonchev–Trinajstić information content (AvgIpc) is 3.07. The highest BCUT2D eigenvalue weighted by Gasteiger charge is 2.15. The van der Waals surface area contributed by atoms with Crippen molar-refractivity contribution in [3.8, 4) is 0 Å². The number of hydrogen-bond acceptors (Lipinski definition) is 5. The van der Waals surface area contributed by atoms with Crippen LogP contribution in [0.2, 0.25) is 0 Å². The number of carbonyl (C=O) groups is 1. The van der Waals surface area contributed by atoms with E-state index in [-0.39, 0.29) is 5.91 Å². The minimum Gasteiger partial charge on any atom is -0.355 e. The first-order valence-corrected chi connectivity index (χ1v) is 10.1. The van der Waals surface area contributed by atoms with Gasteiger partial charge >= 0.3 is 0 Å². The first-order chi connectivity index (χ1) is 13.6. The number of piperazine rings is 1. The summed E-state index contributed by atoms with van der Waals surface area (Å²) in [7, 11) is 0. The van der Waals surface area contributed by atoms with Crippen molar-refractivity contribution >= 4 is 22.5 Å². The van der Waals surface area contributed by atoms with Gasteiger partial charge in [0.25, 0.3) is 0 Å². The highest BCUT2D eigenvalue weighted by molar-refractivity contribution is 5.92. The molecule has 1 fully saturated rings. The Kier molecular flexibility index (Phi) is 5.54. The molecule has 2 aromatic heterocycles. The van der Waals surface area contributed by atoms with Gasteiger partial charge in [-0.3, -0.25) is 9.69 Å². The monoisotopic (exact) mass is 380 g/mol. The van der Waals surface area contributed by atoms with Crippen LogP contribution in [0.5, 0.6) is 0 Å². The summed E-state index contributed by atoms with van der Waals surface area (Å²) in [5.41, 5.74) is 4.98. The number of benzene rings is 1. The number of amides is 1. The van der Waals surface area contributed by atoms with E-state index in [1.165, 1.54) is 0 Å². The van der Waals surface area contributed by atoms with Crippen molar-refractivity contribution in [2.24, 2.45) is 0 Å². The Labute approximate surface area is 165 Å². The summed E-state index contributed by atoms with van der Waals surface area (Å²) >= 11 is 0. The molecule has 2 N–H and O–H groups in total. The standard InChI is InChI=1S/C21H28N6O/c1-15-17(7-8-20(28)23-11-14-26-12-9-22-10-13-26)16(2)27-21(24-15)18-5-3-4-6-19(18)25-27/h3-6,22H,7-14H2,1-2H3,(H,23,28). The van der Waals surface area contributed by atoms with Crippen LogP contribution < -0.4 is 10.6 Å². The van der Waals surface area contributed by atoms with Gasteiger partial charge in [-0.2, -0.15) is 5.10 Å². The molecular formula is C21H28N6O. The fraction of sp³-hybridized carbons (Fsp3) is 0.476. The molecule has 3 heterocycles. The Morgan fingerprint density at radius 1 is 1.21 bits per heavy atom. The molecule has 1 aliphatic rings. The number of nitrogens with zero attached hydrogens (tertiary/aromatic N) is 4. The Morgan fingerprint density at radius 3 is 2.82 bits per heavy atom. The molecule has 1 saturated heterocycles. The van der Waals surface area contributed by atoms with Gasteiger partial charge in [-0.05, 0) is 38.0 Å². The van der Waals surface area contributed by atoms with Gasteiger partial charge in [0.15, 0.2) is 5.65 Å². The summed E-state index contributed by atoms with van der Waals surface area (Å²) in [4.78, 5) is 19.5. The molecule has 3 aromatic rings. The third kappa shape index (κ3) is 3.86. The lowest BCUT2D eigenvalue weighted by Gasteiger charge is -2.27. The summed E-state index contributed by atoms with van der Waals surface area (Å²) in [6.07, 6.45) is 1.15. The number of nitrogens with one attached hydrogen (secondary N) is 2. The number of hydrogen-bond donors (Lipinski definition) is 2. The molecule has 0 saturated carbocycles. The Hall–Kier alpha value is -2.51. The average molecular weight is 380 g/mol. The van der Waals surface area contributed by atoms with Gasteiger partial charge in [0.05, 0.1) is 5.52 Å². The van der Waals surface area contributed by atoms with E-state index in [0.29, 0.717) is 19.4 Å². The van der Waals surface area contributed by atoms with Crippen LogP contribution in [0, 0.1) is 13.8 Å². The Balaban J connectivity index is 1.40. The van der Waals surface area contributed by atoms with E-state index in [1.54, 1.807) is 0 Å². The quantitative estimate of drug-likeness (QED) is 0.677. The Bertz CT molecular complexity index is 989. The van der Waals surface area contributed by atoms with Crippen LogP contribution in [0.3, 0.4) is 0 Å². The van der Waals surface area contributed by atoms with Crippen LogP contribution in [-0.4, -0.2) is 64.7 Å². The fourth-order valence-electron chi connectivity index (χ4n) is 3.95. The molecule has 0 atom stereocenters. The van der Waals surface area contributed by atoms with Crippen molar-refractivity contribution in [3.05, 3.63) is 41.2 Å². The van der Waals surface area contributed by atoms with Gasteiger partial charge in [0, 0.05) is 62.5 Å². The van der Waals surface area contributed by atoms with E-state index in [2.05, 4.69) is 33.6 Å². The van der Waals surface area contributed by atoms with Crippen LogP contribution >= 0.6 is 0 Å². The van der Waals surface area contributed by atoms with Crippen LogP contribution in [0.15, 0.2) is 24.3 Å². The molecule has 1 aliphatic heterocycles. The molecule has 0 unspecified atom stereocenters. The molecule has 7 nitrogen and oxygen atoms in total. The molecule has 148 valence electrons. The Morgan fingerprint density at radius 2 is 2.00 bits per heavy atom. The van der Waals surface area contributed by atoms with E-state index >= 15 is 0 Å². The lowest BCUT2D eigenvalue weighted by atomic mass is 10.1. The molecule has 1 aromatic carbocycles. The van der Waals surface area contributed by atoms with Gasteiger partial charge in [-0.25, -0.2) is 9.50 Å². The smallest absolute Gasteiger partial charge is 0.220 e. The minimum absolute atomic E-state index is 0.0969. The second-order valence-electron chi connectivity index (χ2n) is 7.46. The fourth-order valence-corrected chi connectivity index (χ4v) is 3.95. The van der Waals surface area contributed by atoms with Crippen LogP contribution in [0.1, 0.15) is 23.4 Å². The lowest BCUT2D eigenvalue weighted by molar-refractivity contribution is -0.121. The first kappa shape index (κ1) is 18.8. The minimum atomic E-state index is 0.0969. The molecule has 7 heteroatoms. The molecular weight excluding hydrogens is 352 g/mol. The zero-order valence-electron chi connectivity index (χ0n) is 16.7. The van der Waals surface area contributed by atoms with Crippen molar-refractivity contribution in [1.29, 1.82) is 0 Å². The largest absolute Gasteiger partial charge is 0.355 e. The van der Waals surface area contributed by atoms with Gasteiger partial charge in [0.2, 0.25) is 5.91 Å². The maximum atomic E-state index is 12.3. The van der Waals surface area contributed by atoms with E-state index in [1.807, 2.05) is 29.6 Å². The highest BCUT2D eigenvalue weighted by Crippen LogP contribution is 2.22. The predicted octanol–water partition coefficient (Wildman–Crippen LogP) is 1.45. The molecule has 4 rings (SSSR count). The highest BCUT2D eigenvalue weighted by atomic mass is 16.1. The molecule has 1 amide bonds. The van der Waals surface area contributed by atoms with Crippen molar-refractivity contribution in [2.75, 3.05) is 39.3 Å². The molecule has 0 radical (unpaired) electrons. The maximum Gasteiger partial charge on any atom is 0.220 e. The van der Waals surface area contributed by atoms with Gasteiger partial charge in [0.1, 0.15) is 0 Å². The van der Waals surface area contributed by atoms with Crippen molar-refractivity contribution in [2.45, 2.75) is 26.7 Å². The number of aryl methyl sites for hydroxylation is 2. The number of carbonyl (C=O) groups excluding carboxylic acids is 1. The van der Waals surface area contributed by atoms with Crippen molar-refractivity contribution < 1.29 is 4.79 Å². The van der Waals surface area contributed by atoms with E-state index in [0.717, 1.165) is 66.2 Å². The topological polar surface area (TPSA) is 74.6 Å². The maximum absolute atomic E-state index is 12.3. The van der Waals surface area contributed by atoms with Crippen molar-refractivity contribution in [3.63, 3.8) is 0 Å². The van der Waals surface area contributed by atoms with Crippen LogP contribution in [0.25, 0.3) is 16.6 Å². The third-order valence-corrected chi connectivity index (χ3v) is 5.58.